The smallest absolute Gasteiger partial charge is 0.258 e. The first-order valence-corrected chi connectivity index (χ1v) is 4.14. The Kier molecular flexibility index (Phi) is 2.71. The zero-order valence-electron chi connectivity index (χ0n) is 5.05. The minimum absolute atomic E-state index is 0.00250. The number of nitrogens with zero attached hydrogens (tertiary/aromatic N) is 1. The molecule has 0 aromatic rings. The Morgan fingerprint density at radius 2 is 2.60 bits per heavy atom. The van der Waals surface area contributed by atoms with Crippen LogP contribution >= 0.6 is 27.5 Å². The second-order valence-corrected chi connectivity index (χ2v) is 2.97. The van der Waals surface area contributed by atoms with E-state index in [2.05, 4.69) is 21.4 Å². The van der Waals surface area contributed by atoms with Crippen molar-refractivity contribution in [3.8, 4) is 0 Å². The van der Waals surface area contributed by atoms with Crippen LogP contribution < -0.4 is 5.43 Å². The summed E-state index contributed by atoms with van der Waals surface area (Å²) >= 11 is 8.77. The fourth-order valence-corrected chi connectivity index (χ4v) is 1.38. The van der Waals surface area contributed by atoms with Crippen LogP contribution in [0.15, 0.2) is 12.2 Å². The van der Waals surface area contributed by atoms with Gasteiger partial charge in [-0.05, 0) is 6.08 Å². The number of nitrogens with one attached hydrogen (secondary N) is 1. The highest BCUT2D eigenvalue weighted by atomic mass is 79.9. The predicted octanol–water partition coefficient (Wildman–Crippen LogP) is 0.807. The van der Waals surface area contributed by atoms with Crippen molar-refractivity contribution >= 4 is 33.4 Å². The summed E-state index contributed by atoms with van der Waals surface area (Å²) in [5, 5.41) is 1.57. The molecule has 0 aliphatic carbocycles. The number of carbonyl (C=O) groups is 1. The van der Waals surface area contributed by atoms with Crippen molar-refractivity contribution in [3.05, 3.63) is 12.2 Å². The molecule has 0 saturated heterocycles. The first-order chi connectivity index (χ1) is 4.74. The Morgan fingerprint density at radius 3 is 3.10 bits per heavy atom. The van der Waals surface area contributed by atoms with Crippen LogP contribution in [0.1, 0.15) is 0 Å². The average Bonchev–Trinajstić information content (AvgIpc) is 1.94. The molecule has 0 saturated carbocycles. The summed E-state index contributed by atoms with van der Waals surface area (Å²) < 4.78 is 0. The molecule has 56 valence electrons. The van der Waals surface area contributed by atoms with Crippen LogP contribution in [0.3, 0.4) is 0 Å². The van der Waals surface area contributed by atoms with E-state index in [4.69, 9.17) is 11.6 Å². The summed E-state index contributed by atoms with van der Waals surface area (Å²) in [7, 11) is 0. The van der Waals surface area contributed by atoms with Crippen molar-refractivity contribution < 1.29 is 4.79 Å². The van der Waals surface area contributed by atoms with Gasteiger partial charge in [0, 0.05) is 6.08 Å². The van der Waals surface area contributed by atoms with Gasteiger partial charge in [0.25, 0.3) is 5.91 Å². The molecule has 1 atom stereocenters. The maximum atomic E-state index is 10.7. The normalized spacial score (nSPS) is 26.6. The molecule has 1 aliphatic rings. The molecular weight excluding hydrogens is 219 g/mol. The number of rotatable bonds is 1. The van der Waals surface area contributed by atoms with Crippen LogP contribution in [0, 0.1) is 0 Å². The van der Waals surface area contributed by atoms with Crippen molar-refractivity contribution in [1.29, 1.82) is 0 Å². The van der Waals surface area contributed by atoms with Crippen LogP contribution in [-0.4, -0.2) is 21.9 Å². The van der Waals surface area contributed by atoms with Crippen molar-refractivity contribution in [2.24, 2.45) is 0 Å². The van der Waals surface area contributed by atoms with Gasteiger partial charge >= 0.3 is 0 Å². The van der Waals surface area contributed by atoms with Gasteiger partial charge in [0.05, 0.1) is 6.00 Å². The molecule has 0 aromatic heterocycles. The molecule has 0 fully saturated rings. The highest BCUT2D eigenvalue weighted by Gasteiger charge is 2.17. The van der Waals surface area contributed by atoms with Crippen molar-refractivity contribution in [3.63, 3.8) is 0 Å². The van der Waals surface area contributed by atoms with Crippen LogP contribution in [-0.2, 0) is 4.79 Å². The molecule has 0 aromatic carbocycles. The van der Waals surface area contributed by atoms with Gasteiger partial charge in [-0.3, -0.25) is 10.2 Å². The highest BCUT2D eigenvalue weighted by molar-refractivity contribution is 9.09. The summed E-state index contributed by atoms with van der Waals surface area (Å²) in [5.41, 5.74) is 2.54. The average molecular weight is 225 g/mol. The number of amides is 1. The summed E-state index contributed by atoms with van der Waals surface area (Å²) in [6.07, 6.45) is 3.18. The predicted molar refractivity (Wildman–Crippen MR) is 42.6 cm³/mol. The lowest BCUT2D eigenvalue weighted by molar-refractivity contribution is -0.121. The third-order valence-electron chi connectivity index (χ3n) is 1.09. The van der Waals surface area contributed by atoms with Gasteiger partial charge in [0.1, 0.15) is 4.95 Å². The second-order valence-electron chi connectivity index (χ2n) is 1.80. The van der Waals surface area contributed by atoms with Gasteiger partial charge in [-0.2, -0.15) is 5.01 Å². The number of halogens is 2. The molecule has 0 spiro atoms. The van der Waals surface area contributed by atoms with Gasteiger partial charge < -0.3 is 0 Å². The van der Waals surface area contributed by atoms with Gasteiger partial charge in [0.15, 0.2) is 0 Å². The second kappa shape index (κ2) is 3.37. The van der Waals surface area contributed by atoms with E-state index in [0.29, 0.717) is 0 Å². The standard InChI is InChI=1S/C5H6BrClN2O/c6-4-1-2-5(10)8-9(4)3-7/h1-2,4H,3H2,(H,8,10). The van der Waals surface area contributed by atoms with Crippen LogP contribution in [0.4, 0.5) is 0 Å². The SMILES string of the molecule is O=C1C=CC(Br)N(CCl)N1. The lowest BCUT2D eigenvalue weighted by Gasteiger charge is -2.25. The number of hydrogen-bond acceptors (Lipinski definition) is 2. The van der Waals surface area contributed by atoms with Gasteiger partial charge in [-0.1, -0.05) is 15.9 Å². The van der Waals surface area contributed by atoms with Crippen molar-refractivity contribution in [2.75, 3.05) is 6.00 Å². The Bertz CT molecular complexity index is 173. The zero-order valence-corrected chi connectivity index (χ0v) is 7.39. The van der Waals surface area contributed by atoms with Crippen molar-refractivity contribution in [2.45, 2.75) is 4.95 Å². The number of hydrogen-bond donors (Lipinski definition) is 1. The molecule has 1 rings (SSSR count). The molecule has 5 heteroatoms. The monoisotopic (exact) mass is 224 g/mol. The van der Waals surface area contributed by atoms with Crippen LogP contribution in [0.2, 0.25) is 0 Å². The minimum atomic E-state index is -0.142. The summed E-state index contributed by atoms with van der Waals surface area (Å²) in [6.45, 7) is 0. The zero-order chi connectivity index (χ0) is 7.56. The Labute approximate surface area is 72.1 Å². The maximum Gasteiger partial charge on any atom is 0.258 e. The first-order valence-electron chi connectivity index (χ1n) is 2.69. The molecule has 3 nitrogen and oxygen atoms in total. The molecule has 0 bridgehead atoms. The minimum Gasteiger partial charge on any atom is -0.283 e. The molecular formula is C5H6BrClN2O. The molecule has 1 amide bonds. The molecule has 1 N–H and O–H groups in total. The highest BCUT2D eigenvalue weighted by Crippen LogP contribution is 2.10. The number of carbonyl (C=O) groups excluding carboxylic acids is 1. The lowest BCUT2D eigenvalue weighted by atomic mass is 10.4. The molecule has 1 aliphatic heterocycles. The third kappa shape index (κ3) is 1.71. The largest absolute Gasteiger partial charge is 0.283 e. The van der Waals surface area contributed by atoms with Crippen LogP contribution in [0.25, 0.3) is 0 Å². The summed E-state index contributed by atoms with van der Waals surface area (Å²) in [4.78, 5) is 10.7. The molecule has 1 unspecified atom stereocenters. The first kappa shape index (κ1) is 8.04. The van der Waals surface area contributed by atoms with E-state index in [1.165, 1.54) is 6.08 Å². The van der Waals surface area contributed by atoms with E-state index < -0.39 is 0 Å². The lowest BCUT2D eigenvalue weighted by Crippen LogP contribution is -2.46. The molecule has 10 heavy (non-hydrogen) atoms. The molecule has 0 radical (unpaired) electrons. The topological polar surface area (TPSA) is 32.3 Å². The molecule has 1 heterocycles. The van der Waals surface area contributed by atoms with Crippen molar-refractivity contribution in [1.82, 2.24) is 10.4 Å². The van der Waals surface area contributed by atoms with Gasteiger partial charge in [-0.25, -0.2) is 0 Å². The third-order valence-corrected chi connectivity index (χ3v) is 2.14. The quantitative estimate of drug-likeness (QED) is 0.529. The van der Waals surface area contributed by atoms with E-state index in [-0.39, 0.29) is 16.9 Å². The fraction of sp³-hybridized carbons (Fsp3) is 0.400. The van der Waals surface area contributed by atoms with Gasteiger partial charge in [-0.15, -0.1) is 11.6 Å². The maximum absolute atomic E-state index is 10.7. The summed E-state index contributed by atoms with van der Waals surface area (Å²) in [5.74, 6) is -0.142. The van der Waals surface area contributed by atoms with E-state index >= 15 is 0 Å². The van der Waals surface area contributed by atoms with Gasteiger partial charge in [0.2, 0.25) is 0 Å². The fourth-order valence-electron chi connectivity index (χ4n) is 0.607. The Hall–Kier alpha value is -0.0600. The van der Waals surface area contributed by atoms with Crippen LogP contribution in [0.5, 0.6) is 0 Å². The Balaban J connectivity index is 2.62. The number of hydrazine groups is 1. The summed E-state index contributed by atoms with van der Waals surface area (Å²) in [6, 6.07) is 0.270. The van der Waals surface area contributed by atoms with E-state index in [1.54, 1.807) is 11.1 Å². The van der Waals surface area contributed by atoms with E-state index in [0.717, 1.165) is 0 Å². The van der Waals surface area contributed by atoms with E-state index in [1.807, 2.05) is 0 Å². The number of alkyl halides is 2. The van der Waals surface area contributed by atoms with E-state index in [9.17, 15) is 4.79 Å². The Morgan fingerprint density at radius 1 is 1.90 bits per heavy atom.